The number of nitrogens with two attached hydrogens (primary N) is 1. The van der Waals surface area contributed by atoms with Gasteiger partial charge in [0.1, 0.15) is 5.82 Å². The van der Waals surface area contributed by atoms with Crippen molar-refractivity contribution >= 4 is 11.8 Å². The summed E-state index contributed by atoms with van der Waals surface area (Å²) in [5.41, 5.74) is 6.14. The lowest BCUT2D eigenvalue weighted by molar-refractivity contribution is 0.202. The molecule has 5 heteroatoms. The van der Waals surface area contributed by atoms with E-state index in [0.717, 1.165) is 18.4 Å². The van der Waals surface area contributed by atoms with Crippen molar-refractivity contribution in [3.63, 3.8) is 0 Å². The van der Waals surface area contributed by atoms with Gasteiger partial charge in [0.2, 0.25) is 5.95 Å². The molecule has 0 spiro atoms. The minimum Gasteiger partial charge on any atom is -0.394 e. The van der Waals surface area contributed by atoms with E-state index >= 15 is 0 Å². The Morgan fingerprint density at radius 2 is 2.06 bits per heavy atom. The Morgan fingerprint density at radius 1 is 1.44 bits per heavy atom. The van der Waals surface area contributed by atoms with Gasteiger partial charge in [-0.05, 0) is 19.8 Å². The molecular weight excluding hydrogens is 204 g/mol. The second-order valence-electron chi connectivity index (χ2n) is 4.03. The van der Waals surface area contributed by atoms with E-state index in [9.17, 15) is 5.11 Å². The summed E-state index contributed by atoms with van der Waals surface area (Å²) in [5.74, 6) is 0.942. The van der Waals surface area contributed by atoms with Gasteiger partial charge < -0.3 is 16.2 Å². The van der Waals surface area contributed by atoms with Crippen LogP contribution in [0.4, 0.5) is 11.8 Å². The van der Waals surface area contributed by atoms with Gasteiger partial charge in [0, 0.05) is 11.8 Å². The van der Waals surface area contributed by atoms with Crippen molar-refractivity contribution in [2.45, 2.75) is 39.2 Å². The molecule has 0 bridgehead atoms. The summed E-state index contributed by atoms with van der Waals surface area (Å²) >= 11 is 0. The number of nitrogens with one attached hydrogen (secondary N) is 1. The summed E-state index contributed by atoms with van der Waals surface area (Å²) in [4.78, 5) is 8.06. The number of aromatic nitrogens is 2. The van der Waals surface area contributed by atoms with Gasteiger partial charge in [-0.2, -0.15) is 4.98 Å². The molecule has 0 atom stereocenters. The molecule has 0 aliphatic carbocycles. The molecule has 0 fully saturated rings. The molecule has 4 N–H and O–H groups in total. The lowest BCUT2D eigenvalue weighted by atomic mass is 9.94. The summed E-state index contributed by atoms with van der Waals surface area (Å²) in [6.07, 6.45) is 3.32. The van der Waals surface area contributed by atoms with E-state index < -0.39 is 0 Å². The van der Waals surface area contributed by atoms with E-state index in [4.69, 9.17) is 5.73 Å². The molecule has 0 aromatic carbocycles. The van der Waals surface area contributed by atoms with Gasteiger partial charge in [0.15, 0.2) is 0 Å². The second-order valence-corrected chi connectivity index (χ2v) is 4.03. The van der Waals surface area contributed by atoms with Crippen molar-refractivity contribution in [3.05, 3.63) is 11.8 Å². The lowest BCUT2D eigenvalue weighted by Gasteiger charge is -2.31. The van der Waals surface area contributed by atoms with Gasteiger partial charge >= 0.3 is 0 Å². The van der Waals surface area contributed by atoms with Crippen molar-refractivity contribution in [1.82, 2.24) is 9.97 Å². The maximum atomic E-state index is 9.46. The van der Waals surface area contributed by atoms with Crippen LogP contribution < -0.4 is 11.1 Å². The zero-order valence-electron chi connectivity index (χ0n) is 10.1. The van der Waals surface area contributed by atoms with Crippen molar-refractivity contribution < 1.29 is 5.11 Å². The maximum Gasteiger partial charge on any atom is 0.221 e. The molecule has 1 rings (SSSR count). The van der Waals surface area contributed by atoms with E-state index in [0.29, 0.717) is 5.82 Å². The van der Waals surface area contributed by atoms with Crippen molar-refractivity contribution in [3.8, 4) is 0 Å². The molecular formula is C11H20N4O. The van der Waals surface area contributed by atoms with E-state index in [1.165, 1.54) is 0 Å². The fraction of sp³-hybridized carbons (Fsp3) is 0.636. The van der Waals surface area contributed by atoms with Crippen LogP contribution in [0.15, 0.2) is 6.20 Å². The van der Waals surface area contributed by atoms with Crippen LogP contribution in [0.5, 0.6) is 0 Å². The van der Waals surface area contributed by atoms with Gasteiger partial charge in [-0.15, -0.1) is 0 Å². The summed E-state index contributed by atoms with van der Waals surface area (Å²) in [6, 6.07) is 0. The third-order valence-electron chi connectivity index (χ3n) is 3.03. The van der Waals surface area contributed by atoms with E-state index in [2.05, 4.69) is 15.3 Å². The molecule has 1 aromatic heterocycles. The lowest BCUT2D eigenvalue weighted by Crippen LogP contribution is -2.41. The highest BCUT2D eigenvalue weighted by atomic mass is 16.3. The Bertz CT molecular complexity index is 342. The Balaban J connectivity index is 2.97. The van der Waals surface area contributed by atoms with Gasteiger partial charge in [-0.25, -0.2) is 4.98 Å². The quantitative estimate of drug-likeness (QED) is 0.702. The third kappa shape index (κ3) is 2.61. The van der Waals surface area contributed by atoms with E-state index in [1.54, 1.807) is 6.20 Å². The van der Waals surface area contributed by atoms with Crippen LogP contribution in [0.1, 0.15) is 32.3 Å². The molecule has 5 nitrogen and oxygen atoms in total. The van der Waals surface area contributed by atoms with Crippen LogP contribution in [-0.4, -0.2) is 27.2 Å². The van der Waals surface area contributed by atoms with Crippen molar-refractivity contribution in [2.24, 2.45) is 0 Å². The van der Waals surface area contributed by atoms with Crippen molar-refractivity contribution in [1.29, 1.82) is 0 Å². The summed E-state index contributed by atoms with van der Waals surface area (Å²) in [5, 5.41) is 12.7. The highest BCUT2D eigenvalue weighted by molar-refractivity contribution is 5.47. The normalized spacial score (nSPS) is 11.5. The number of hydrogen-bond acceptors (Lipinski definition) is 5. The maximum absolute atomic E-state index is 9.46. The van der Waals surface area contributed by atoms with E-state index in [1.807, 2.05) is 20.8 Å². The first-order chi connectivity index (χ1) is 7.56. The number of aryl methyl sites for hydroxylation is 1. The summed E-state index contributed by atoms with van der Waals surface area (Å²) in [7, 11) is 0. The Morgan fingerprint density at radius 3 is 2.56 bits per heavy atom. The first kappa shape index (κ1) is 12.7. The van der Waals surface area contributed by atoms with Crippen LogP contribution in [-0.2, 0) is 0 Å². The zero-order valence-corrected chi connectivity index (χ0v) is 10.1. The molecule has 0 unspecified atom stereocenters. The van der Waals surface area contributed by atoms with Crippen LogP contribution in [0.3, 0.4) is 0 Å². The fourth-order valence-electron chi connectivity index (χ4n) is 1.52. The van der Waals surface area contributed by atoms with Crippen LogP contribution >= 0.6 is 0 Å². The average molecular weight is 224 g/mol. The smallest absolute Gasteiger partial charge is 0.221 e. The second kappa shape index (κ2) is 5.12. The molecule has 1 heterocycles. The highest BCUT2D eigenvalue weighted by Gasteiger charge is 2.25. The van der Waals surface area contributed by atoms with Crippen molar-refractivity contribution in [2.75, 3.05) is 17.7 Å². The molecule has 0 saturated carbocycles. The predicted molar refractivity (Wildman–Crippen MR) is 65.2 cm³/mol. The van der Waals surface area contributed by atoms with Crippen LogP contribution in [0, 0.1) is 6.92 Å². The summed E-state index contributed by atoms with van der Waals surface area (Å²) in [6.45, 7) is 6.05. The first-order valence-corrected chi connectivity index (χ1v) is 5.55. The molecule has 0 radical (unpaired) electrons. The van der Waals surface area contributed by atoms with Gasteiger partial charge in [0.05, 0.1) is 12.1 Å². The molecule has 0 amide bonds. The van der Waals surface area contributed by atoms with Gasteiger partial charge in [-0.1, -0.05) is 13.8 Å². The molecule has 0 saturated heterocycles. The number of aliphatic hydroxyl groups excluding tert-OH is 1. The molecule has 0 aliphatic heterocycles. The minimum atomic E-state index is -0.328. The third-order valence-corrected chi connectivity index (χ3v) is 3.03. The molecule has 90 valence electrons. The Kier molecular flexibility index (Phi) is 4.06. The SMILES string of the molecule is CCC(CC)(CO)Nc1nc(N)ncc1C. The van der Waals surface area contributed by atoms with E-state index in [-0.39, 0.29) is 18.1 Å². The number of nitrogen functional groups attached to an aromatic ring is 1. The highest BCUT2D eigenvalue weighted by Crippen LogP contribution is 2.22. The first-order valence-electron chi connectivity index (χ1n) is 5.55. The van der Waals surface area contributed by atoms with Gasteiger partial charge in [0.25, 0.3) is 0 Å². The van der Waals surface area contributed by atoms with Crippen LogP contribution in [0.2, 0.25) is 0 Å². The number of nitrogens with zero attached hydrogens (tertiary/aromatic N) is 2. The topological polar surface area (TPSA) is 84.1 Å². The molecule has 0 aliphatic rings. The number of rotatable bonds is 5. The minimum absolute atomic E-state index is 0.0728. The number of aliphatic hydroxyl groups is 1. The van der Waals surface area contributed by atoms with Gasteiger partial charge in [-0.3, -0.25) is 0 Å². The molecule has 16 heavy (non-hydrogen) atoms. The monoisotopic (exact) mass is 224 g/mol. The predicted octanol–water partition coefficient (Wildman–Crippen LogP) is 1.33. The largest absolute Gasteiger partial charge is 0.394 e. The molecule has 1 aromatic rings. The average Bonchev–Trinajstić information content (AvgIpc) is 2.31. The summed E-state index contributed by atoms with van der Waals surface area (Å²) < 4.78 is 0. The van der Waals surface area contributed by atoms with Crippen LogP contribution in [0.25, 0.3) is 0 Å². The number of hydrogen-bond donors (Lipinski definition) is 3. The number of anilines is 2. The Labute approximate surface area is 96.1 Å². The standard InChI is InChI=1S/C11H20N4O/c1-4-11(5-2,7-16)15-9-8(3)6-13-10(12)14-9/h6,16H,4-5,7H2,1-3H3,(H3,12,13,14,15). The Hall–Kier alpha value is -1.36. The zero-order chi connectivity index (χ0) is 12.2. The fourth-order valence-corrected chi connectivity index (χ4v) is 1.52.